The predicted molar refractivity (Wildman–Crippen MR) is 67.4 cm³/mol. The van der Waals surface area contributed by atoms with Crippen LogP contribution in [0.2, 0.25) is 0 Å². The van der Waals surface area contributed by atoms with E-state index in [0.29, 0.717) is 6.42 Å². The van der Waals surface area contributed by atoms with Crippen molar-refractivity contribution >= 4 is 28.7 Å². The fourth-order valence-electron chi connectivity index (χ4n) is 2.11. The Bertz CT molecular complexity index is 422. The number of carbonyl (C=O) groups is 1. The van der Waals surface area contributed by atoms with E-state index in [-0.39, 0.29) is 0 Å². The molecule has 0 saturated heterocycles. The third kappa shape index (κ3) is 2.15. The van der Waals surface area contributed by atoms with Crippen LogP contribution in [0.15, 0.2) is 18.2 Å². The summed E-state index contributed by atoms with van der Waals surface area (Å²) in [6, 6.07) is 5.46. The molecule has 3 N–H and O–H groups in total. The van der Waals surface area contributed by atoms with Gasteiger partial charge in [0.1, 0.15) is 6.10 Å². The number of benzene rings is 1. The number of nitrogens with one attached hydrogen (secondary N) is 1. The number of aryl methyl sites for hydroxylation is 1. The molecule has 0 fully saturated rings. The summed E-state index contributed by atoms with van der Waals surface area (Å²) in [6.45, 7) is 0. The number of aliphatic hydroxyl groups excluding tert-OH is 1. The van der Waals surface area contributed by atoms with Gasteiger partial charge in [-0.3, -0.25) is 0 Å². The van der Waals surface area contributed by atoms with Crippen LogP contribution in [0.25, 0.3) is 0 Å². The standard InChI is InChI=1S/C11H12INO3/c12-7-3-1-2-6-4-5-8(13-11(15)16)10(14)9(6)7/h1-3,8,10,13-14H,4-5H2,(H,15,16)/t8-,10-/m0/s1. The minimum atomic E-state index is -1.08. The molecule has 2 atom stereocenters. The van der Waals surface area contributed by atoms with Crippen LogP contribution in [0, 0.1) is 3.57 Å². The minimum absolute atomic E-state index is 0.402. The Morgan fingerprint density at radius 3 is 2.94 bits per heavy atom. The van der Waals surface area contributed by atoms with E-state index in [2.05, 4.69) is 27.9 Å². The molecule has 0 bridgehead atoms. The van der Waals surface area contributed by atoms with Gasteiger partial charge in [0.2, 0.25) is 0 Å². The van der Waals surface area contributed by atoms with Crippen LogP contribution >= 0.6 is 22.6 Å². The molecule has 0 unspecified atom stereocenters. The molecule has 0 aromatic heterocycles. The Morgan fingerprint density at radius 2 is 2.25 bits per heavy atom. The summed E-state index contributed by atoms with van der Waals surface area (Å²) in [5.41, 5.74) is 1.98. The summed E-state index contributed by atoms with van der Waals surface area (Å²) in [5.74, 6) is 0. The molecule has 5 heteroatoms. The van der Waals surface area contributed by atoms with Crippen LogP contribution in [0.4, 0.5) is 4.79 Å². The highest BCUT2D eigenvalue weighted by atomic mass is 127. The average molecular weight is 333 g/mol. The second kappa shape index (κ2) is 4.58. The Morgan fingerprint density at radius 1 is 1.50 bits per heavy atom. The highest BCUT2D eigenvalue weighted by Gasteiger charge is 2.30. The maximum absolute atomic E-state index is 10.6. The maximum atomic E-state index is 10.6. The van der Waals surface area contributed by atoms with Crippen molar-refractivity contribution in [2.75, 3.05) is 0 Å². The lowest BCUT2D eigenvalue weighted by Crippen LogP contribution is -2.41. The first-order valence-corrected chi connectivity index (χ1v) is 6.12. The van der Waals surface area contributed by atoms with Gasteiger partial charge in [-0.25, -0.2) is 4.79 Å². The van der Waals surface area contributed by atoms with E-state index in [1.807, 2.05) is 18.2 Å². The second-order valence-corrected chi connectivity index (χ2v) is 5.01. The Hall–Kier alpha value is -0.820. The predicted octanol–water partition coefficient (Wildman–Crippen LogP) is 1.91. The van der Waals surface area contributed by atoms with Crippen LogP contribution in [0.3, 0.4) is 0 Å². The van der Waals surface area contributed by atoms with Crippen LogP contribution in [-0.2, 0) is 6.42 Å². The van der Waals surface area contributed by atoms with E-state index in [4.69, 9.17) is 5.11 Å². The topological polar surface area (TPSA) is 69.6 Å². The second-order valence-electron chi connectivity index (χ2n) is 3.85. The number of carboxylic acid groups (broad SMARTS) is 1. The highest BCUT2D eigenvalue weighted by Crippen LogP contribution is 2.33. The number of amides is 1. The van der Waals surface area contributed by atoms with Crippen molar-refractivity contribution in [3.05, 3.63) is 32.9 Å². The number of fused-ring (bicyclic) bond motifs is 1. The van der Waals surface area contributed by atoms with E-state index in [0.717, 1.165) is 21.1 Å². The molecule has 1 aromatic rings. The Balaban J connectivity index is 2.30. The first-order valence-electron chi connectivity index (χ1n) is 5.04. The fraction of sp³-hybridized carbons (Fsp3) is 0.364. The molecule has 0 radical (unpaired) electrons. The van der Waals surface area contributed by atoms with Crippen molar-refractivity contribution in [1.29, 1.82) is 0 Å². The van der Waals surface area contributed by atoms with Gasteiger partial charge in [0.25, 0.3) is 0 Å². The van der Waals surface area contributed by atoms with Gasteiger partial charge in [0.15, 0.2) is 0 Å². The maximum Gasteiger partial charge on any atom is 0.404 e. The molecule has 0 heterocycles. The van der Waals surface area contributed by atoms with E-state index < -0.39 is 18.2 Å². The van der Waals surface area contributed by atoms with E-state index in [1.165, 1.54) is 0 Å². The average Bonchev–Trinajstić information content (AvgIpc) is 2.22. The van der Waals surface area contributed by atoms with Gasteiger partial charge in [0.05, 0.1) is 6.04 Å². The van der Waals surface area contributed by atoms with Gasteiger partial charge < -0.3 is 15.5 Å². The quantitative estimate of drug-likeness (QED) is 0.688. The first kappa shape index (κ1) is 11.7. The third-order valence-corrected chi connectivity index (χ3v) is 3.79. The van der Waals surface area contributed by atoms with Crippen LogP contribution in [-0.4, -0.2) is 22.3 Å². The van der Waals surface area contributed by atoms with Crippen LogP contribution in [0.1, 0.15) is 23.7 Å². The zero-order chi connectivity index (χ0) is 11.7. The lowest BCUT2D eigenvalue weighted by Gasteiger charge is -2.30. The van der Waals surface area contributed by atoms with Gasteiger partial charge in [0, 0.05) is 3.57 Å². The monoisotopic (exact) mass is 333 g/mol. The molecule has 16 heavy (non-hydrogen) atoms. The molecule has 4 nitrogen and oxygen atoms in total. The number of halogens is 1. The highest BCUT2D eigenvalue weighted by molar-refractivity contribution is 14.1. The van der Waals surface area contributed by atoms with Gasteiger partial charge in [-0.05, 0) is 52.6 Å². The Kier molecular flexibility index (Phi) is 3.34. The normalized spacial score (nSPS) is 23.6. The van der Waals surface area contributed by atoms with E-state index >= 15 is 0 Å². The minimum Gasteiger partial charge on any atom is -0.465 e. The third-order valence-electron chi connectivity index (χ3n) is 2.85. The van der Waals surface area contributed by atoms with Crippen LogP contribution in [0.5, 0.6) is 0 Å². The first-order chi connectivity index (χ1) is 7.59. The van der Waals surface area contributed by atoms with Crippen molar-refractivity contribution < 1.29 is 15.0 Å². The number of aliphatic hydroxyl groups is 1. The molecule has 1 aliphatic carbocycles. The summed E-state index contributed by atoms with van der Waals surface area (Å²) in [5, 5.41) is 21.2. The van der Waals surface area contributed by atoms with Crippen LogP contribution < -0.4 is 5.32 Å². The Labute approximate surface area is 107 Å². The zero-order valence-electron chi connectivity index (χ0n) is 8.48. The van der Waals surface area contributed by atoms with Gasteiger partial charge in [-0.2, -0.15) is 0 Å². The summed E-state index contributed by atoms with van der Waals surface area (Å²) in [6.07, 6.45) is -0.388. The molecule has 1 aliphatic rings. The van der Waals surface area contributed by atoms with Crippen molar-refractivity contribution in [2.45, 2.75) is 25.0 Å². The van der Waals surface area contributed by atoms with Gasteiger partial charge in [-0.1, -0.05) is 12.1 Å². The largest absolute Gasteiger partial charge is 0.465 e. The number of hydrogen-bond acceptors (Lipinski definition) is 2. The lowest BCUT2D eigenvalue weighted by atomic mass is 9.86. The zero-order valence-corrected chi connectivity index (χ0v) is 10.6. The molecule has 1 amide bonds. The molecule has 0 saturated carbocycles. The fourth-order valence-corrected chi connectivity index (χ4v) is 2.98. The van der Waals surface area contributed by atoms with Gasteiger partial charge in [-0.15, -0.1) is 0 Å². The van der Waals surface area contributed by atoms with Crippen molar-refractivity contribution in [3.8, 4) is 0 Å². The summed E-state index contributed by atoms with van der Waals surface area (Å²) in [4.78, 5) is 10.6. The molecule has 0 spiro atoms. The number of hydrogen-bond donors (Lipinski definition) is 3. The van der Waals surface area contributed by atoms with Crippen molar-refractivity contribution in [3.63, 3.8) is 0 Å². The molecule has 0 aliphatic heterocycles. The van der Waals surface area contributed by atoms with Gasteiger partial charge >= 0.3 is 6.09 Å². The van der Waals surface area contributed by atoms with E-state index in [1.54, 1.807) is 0 Å². The van der Waals surface area contributed by atoms with Crippen molar-refractivity contribution in [2.24, 2.45) is 0 Å². The van der Waals surface area contributed by atoms with Crippen molar-refractivity contribution in [1.82, 2.24) is 5.32 Å². The summed E-state index contributed by atoms with van der Waals surface area (Å²) in [7, 11) is 0. The number of rotatable bonds is 1. The molecular formula is C11H12INO3. The molecule has 2 rings (SSSR count). The summed E-state index contributed by atoms with van der Waals surface area (Å²) < 4.78 is 0.986. The molecular weight excluding hydrogens is 321 g/mol. The summed E-state index contributed by atoms with van der Waals surface area (Å²) >= 11 is 2.17. The SMILES string of the molecule is O=C(O)N[C@H]1CCc2cccc(I)c2[C@H]1O. The smallest absolute Gasteiger partial charge is 0.404 e. The lowest BCUT2D eigenvalue weighted by molar-refractivity contribution is 0.108. The molecule has 1 aromatic carbocycles. The van der Waals surface area contributed by atoms with E-state index in [9.17, 15) is 9.90 Å². The molecule has 86 valence electrons.